The van der Waals surface area contributed by atoms with E-state index in [1.54, 1.807) is 4.90 Å². The normalized spacial score (nSPS) is 22.0. The molecule has 21 heavy (non-hydrogen) atoms. The minimum absolute atomic E-state index is 0.0101. The lowest BCUT2D eigenvalue weighted by molar-refractivity contribution is 0.0758. The van der Waals surface area contributed by atoms with Crippen LogP contribution < -0.4 is 0 Å². The van der Waals surface area contributed by atoms with Crippen LogP contribution >= 0.6 is 0 Å². The molecule has 1 fully saturated rings. The van der Waals surface area contributed by atoms with E-state index < -0.39 is 6.10 Å². The van der Waals surface area contributed by atoms with Crippen molar-refractivity contribution in [3.05, 3.63) is 35.2 Å². The van der Waals surface area contributed by atoms with Crippen LogP contribution in [0.25, 0.3) is 0 Å². The number of hydrogen-bond acceptors (Lipinski definition) is 4. The van der Waals surface area contributed by atoms with E-state index >= 15 is 0 Å². The zero-order valence-corrected chi connectivity index (χ0v) is 12.1. The molecule has 1 amide bonds. The molecule has 0 aliphatic carbocycles. The van der Waals surface area contributed by atoms with Crippen molar-refractivity contribution in [2.24, 2.45) is 5.92 Å². The highest BCUT2D eigenvalue weighted by atomic mass is 16.3. The molecule has 112 valence electrons. The Kier molecular flexibility index (Phi) is 3.50. The lowest BCUT2D eigenvalue weighted by Crippen LogP contribution is -2.30. The molecule has 2 aromatic rings. The highest BCUT2D eigenvalue weighted by molar-refractivity contribution is 5.93. The van der Waals surface area contributed by atoms with Crippen LogP contribution in [0.4, 0.5) is 0 Å². The van der Waals surface area contributed by atoms with Gasteiger partial charge in [-0.2, -0.15) is 5.10 Å². The van der Waals surface area contributed by atoms with Gasteiger partial charge in [0.1, 0.15) is 5.69 Å². The molecule has 0 radical (unpaired) electrons. The minimum atomic E-state index is -0.523. The van der Waals surface area contributed by atoms with E-state index in [0.29, 0.717) is 25.2 Å². The number of likely N-dealkylation sites (tertiary alicyclic amines) is 1. The number of carbonyl (C=O) groups excluding carboxylic acids is 1. The molecule has 2 aromatic heterocycles. The summed E-state index contributed by atoms with van der Waals surface area (Å²) in [5, 5.41) is 17.3. The van der Waals surface area contributed by atoms with Gasteiger partial charge in [0.2, 0.25) is 0 Å². The van der Waals surface area contributed by atoms with Gasteiger partial charge in [-0.25, -0.2) is 4.98 Å². The molecule has 0 aromatic carbocycles. The Morgan fingerprint density at radius 3 is 2.90 bits per heavy atom. The summed E-state index contributed by atoms with van der Waals surface area (Å²) < 4.78 is 0. The molecule has 1 aliphatic rings. The summed E-state index contributed by atoms with van der Waals surface area (Å²) in [5.41, 5.74) is 3.10. The first kappa shape index (κ1) is 13.8. The summed E-state index contributed by atoms with van der Waals surface area (Å²) in [6.07, 6.45) is 1.65. The van der Waals surface area contributed by atoms with Gasteiger partial charge in [0.15, 0.2) is 0 Å². The predicted octanol–water partition coefficient (Wildman–Crippen LogP) is 0.425. The number of rotatable bonds is 3. The van der Waals surface area contributed by atoms with Gasteiger partial charge in [0, 0.05) is 30.4 Å². The Bertz CT molecular complexity index is 647. The van der Waals surface area contributed by atoms with Crippen LogP contribution in [0, 0.1) is 19.8 Å². The Hall–Kier alpha value is -2.15. The second-order valence-corrected chi connectivity index (χ2v) is 5.66. The van der Waals surface area contributed by atoms with Crippen LogP contribution in [-0.2, 0) is 6.42 Å². The number of nitrogens with one attached hydrogen (secondary N) is 2. The molecular formula is C14H19N5O2. The van der Waals surface area contributed by atoms with Crippen molar-refractivity contribution in [2.45, 2.75) is 26.4 Å². The number of H-pyrrole nitrogens is 2. The van der Waals surface area contributed by atoms with Crippen molar-refractivity contribution in [2.75, 3.05) is 13.1 Å². The average molecular weight is 289 g/mol. The van der Waals surface area contributed by atoms with E-state index in [1.165, 1.54) is 6.33 Å². The molecule has 0 spiro atoms. The fourth-order valence-electron chi connectivity index (χ4n) is 2.79. The number of nitrogens with zero attached hydrogens (tertiary/aromatic N) is 3. The number of carbonyl (C=O) groups is 1. The SMILES string of the molecule is Cc1cc(C[C@@H]2CN(C(=O)c3nc[nH]c3C)C[C@H]2O)n[nH]1. The van der Waals surface area contributed by atoms with E-state index in [1.807, 2.05) is 19.9 Å². The van der Waals surface area contributed by atoms with Crippen molar-refractivity contribution in [3.63, 3.8) is 0 Å². The third kappa shape index (κ3) is 2.69. The molecule has 3 heterocycles. The van der Waals surface area contributed by atoms with Crippen molar-refractivity contribution >= 4 is 5.91 Å². The number of amides is 1. The number of aliphatic hydroxyl groups excluding tert-OH is 1. The monoisotopic (exact) mass is 289 g/mol. The van der Waals surface area contributed by atoms with Crippen LogP contribution in [0.15, 0.2) is 12.4 Å². The van der Waals surface area contributed by atoms with Crippen LogP contribution in [0.5, 0.6) is 0 Å². The fraction of sp³-hybridized carbons (Fsp3) is 0.500. The lowest BCUT2D eigenvalue weighted by Gasteiger charge is -2.14. The van der Waals surface area contributed by atoms with Gasteiger partial charge in [-0.15, -0.1) is 0 Å². The number of imidazole rings is 1. The first-order chi connectivity index (χ1) is 10.0. The highest BCUT2D eigenvalue weighted by Gasteiger charge is 2.35. The molecule has 2 atom stereocenters. The Balaban J connectivity index is 1.68. The number of aromatic nitrogens is 4. The molecule has 0 saturated carbocycles. The van der Waals surface area contributed by atoms with E-state index in [-0.39, 0.29) is 11.8 Å². The number of aromatic amines is 2. The van der Waals surface area contributed by atoms with Gasteiger partial charge >= 0.3 is 0 Å². The van der Waals surface area contributed by atoms with E-state index in [2.05, 4.69) is 20.2 Å². The maximum atomic E-state index is 12.4. The van der Waals surface area contributed by atoms with Gasteiger partial charge in [-0.3, -0.25) is 9.89 Å². The average Bonchev–Trinajstić information content (AvgIpc) is 3.12. The van der Waals surface area contributed by atoms with Gasteiger partial charge in [-0.1, -0.05) is 0 Å². The summed E-state index contributed by atoms with van der Waals surface area (Å²) in [7, 11) is 0. The summed E-state index contributed by atoms with van der Waals surface area (Å²) >= 11 is 0. The molecule has 1 aliphatic heterocycles. The largest absolute Gasteiger partial charge is 0.391 e. The van der Waals surface area contributed by atoms with Crippen LogP contribution in [-0.4, -0.2) is 55.3 Å². The fourth-order valence-corrected chi connectivity index (χ4v) is 2.79. The Morgan fingerprint density at radius 1 is 1.48 bits per heavy atom. The van der Waals surface area contributed by atoms with Crippen LogP contribution in [0.3, 0.4) is 0 Å². The number of hydrogen-bond donors (Lipinski definition) is 3. The summed E-state index contributed by atoms with van der Waals surface area (Å²) in [6.45, 7) is 4.63. The maximum absolute atomic E-state index is 12.4. The summed E-state index contributed by atoms with van der Waals surface area (Å²) in [5.74, 6) is -0.121. The molecule has 1 saturated heterocycles. The third-order valence-electron chi connectivity index (χ3n) is 3.96. The summed E-state index contributed by atoms with van der Waals surface area (Å²) in [4.78, 5) is 21.0. The minimum Gasteiger partial charge on any atom is -0.391 e. The third-order valence-corrected chi connectivity index (χ3v) is 3.96. The molecular weight excluding hydrogens is 270 g/mol. The quantitative estimate of drug-likeness (QED) is 0.763. The number of β-amino-alcohol motifs (C(OH)–C–C–N with tert-alkyl or cyclic N) is 1. The summed E-state index contributed by atoms with van der Waals surface area (Å²) in [6, 6.07) is 1.97. The second kappa shape index (κ2) is 5.33. The molecule has 3 N–H and O–H groups in total. The van der Waals surface area contributed by atoms with Crippen molar-refractivity contribution in [1.29, 1.82) is 0 Å². The van der Waals surface area contributed by atoms with Gasteiger partial charge in [-0.05, 0) is 26.3 Å². The zero-order chi connectivity index (χ0) is 15.0. The molecule has 3 rings (SSSR count). The van der Waals surface area contributed by atoms with E-state index in [0.717, 1.165) is 17.1 Å². The Labute approximate surface area is 122 Å². The molecule has 0 bridgehead atoms. The first-order valence-electron chi connectivity index (χ1n) is 7.03. The topological polar surface area (TPSA) is 97.9 Å². The van der Waals surface area contributed by atoms with Crippen molar-refractivity contribution in [1.82, 2.24) is 25.1 Å². The van der Waals surface area contributed by atoms with Crippen molar-refractivity contribution < 1.29 is 9.90 Å². The van der Waals surface area contributed by atoms with Gasteiger partial charge < -0.3 is 15.0 Å². The highest BCUT2D eigenvalue weighted by Crippen LogP contribution is 2.23. The lowest BCUT2D eigenvalue weighted by atomic mass is 10.0. The predicted molar refractivity (Wildman–Crippen MR) is 75.8 cm³/mol. The second-order valence-electron chi connectivity index (χ2n) is 5.66. The first-order valence-corrected chi connectivity index (χ1v) is 7.03. The van der Waals surface area contributed by atoms with E-state index in [4.69, 9.17) is 0 Å². The van der Waals surface area contributed by atoms with Crippen LogP contribution in [0.2, 0.25) is 0 Å². The maximum Gasteiger partial charge on any atom is 0.274 e. The zero-order valence-electron chi connectivity index (χ0n) is 12.1. The van der Waals surface area contributed by atoms with Gasteiger partial charge in [0.25, 0.3) is 5.91 Å². The van der Waals surface area contributed by atoms with Gasteiger partial charge in [0.05, 0.1) is 18.1 Å². The molecule has 7 nitrogen and oxygen atoms in total. The Morgan fingerprint density at radius 2 is 2.29 bits per heavy atom. The number of aliphatic hydroxyl groups is 1. The standard InChI is InChI=1S/C14H19N5O2/c1-8-3-11(18-17-8)4-10-5-19(6-12(10)20)14(21)13-9(2)15-7-16-13/h3,7,10,12,20H,4-6H2,1-2H3,(H,15,16)(H,17,18)/t10-,12-/m1/s1. The van der Waals surface area contributed by atoms with E-state index in [9.17, 15) is 9.90 Å². The smallest absolute Gasteiger partial charge is 0.274 e. The number of aryl methyl sites for hydroxylation is 2. The van der Waals surface area contributed by atoms with Crippen LogP contribution in [0.1, 0.15) is 27.6 Å². The van der Waals surface area contributed by atoms with Crippen molar-refractivity contribution in [3.8, 4) is 0 Å². The molecule has 0 unspecified atom stereocenters. The molecule has 7 heteroatoms.